The van der Waals surface area contributed by atoms with Crippen LogP contribution in [0.4, 0.5) is 14.6 Å². The first-order valence-electron chi connectivity index (χ1n) is 2.98. The lowest BCUT2D eigenvalue weighted by atomic mass is 10.2. The molecule has 12 heavy (non-hydrogen) atoms. The third-order valence-electron chi connectivity index (χ3n) is 1.32. The molecule has 1 rings (SSSR count). The Kier molecular flexibility index (Phi) is 2.46. The van der Waals surface area contributed by atoms with Crippen LogP contribution in [0.2, 0.25) is 0 Å². The fraction of sp³-hybridized carbons (Fsp3) is 0.167. The number of alkyl halides is 2. The Balaban J connectivity index is 3.44. The zero-order valence-corrected chi connectivity index (χ0v) is 7.36. The second kappa shape index (κ2) is 3.22. The van der Waals surface area contributed by atoms with Gasteiger partial charge in [-0.25, -0.2) is 8.78 Å². The summed E-state index contributed by atoms with van der Waals surface area (Å²) < 4.78 is 24.3. The molecule has 0 fully saturated rings. The molecule has 0 radical (unpaired) electrons. The minimum atomic E-state index is -2.86. The zero-order chi connectivity index (χ0) is 9.30. The minimum Gasteiger partial charge on any atom is -0.385 e. The van der Waals surface area contributed by atoms with Crippen LogP contribution in [0, 0.1) is 0 Å². The van der Waals surface area contributed by atoms with Crippen molar-refractivity contribution in [2.45, 2.75) is 6.43 Å². The molecule has 3 nitrogen and oxygen atoms in total. The molecule has 1 aromatic heterocycles. The lowest BCUT2D eigenvalue weighted by molar-refractivity contribution is 0.150. The number of aromatic nitrogens is 1. The predicted octanol–water partition coefficient (Wildman–Crippen LogP) is 1.66. The van der Waals surface area contributed by atoms with Crippen LogP contribution in [0.25, 0.3) is 0 Å². The average Bonchev–Trinajstić information content (AvgIpc) is 1.97. The van der Waals surface area contributed by atoms with Gasteiger partial charge in [-0.3, -0.25) is 4.79 Å². The van der Waals surface area contributed by atoms with Crippen LogP contribution in [-0.2, 0) is 0 Å². The molecule has 0 atom stereocenters. The second-order valence-corrected chi connectivity index (χ2v) is 2.95. The molecule has 1 aromatic rings. The van der Waals surface area contributed by atoms with E-state index in [1.165, 1.54) is 6.20 Å². The van der Waals surface area contributed by atoms with Crippen LogP contribution < -0.4 is 11.2 Å². The number of nitrogens with one attached hydrogen (secondary N) is 1. The molecule has 1 heterocycles. The lowest BCUT2D eigenvalue weighted by Gasteiger charge is -2.02. The first-order valence-corrected chi connectivity index (χ1v) is 3.78. The van der Waals surface area contributed by atoms with E-state index in [9.17, 15) is 13.6 Å². The summed E-state index contributed by atoms with van der Waals surface area (Å²) in [5, 5.41) is 0. The van der Waals surface area contributed by atoms with Crippen molar-refractivity contribution in [3.05, 3.63) is 26.5 Å². The predicted molar refractivity (Wildman–Crippen MR) is 44.1 cm³/mol. The van der Waals surface area contributed by atoms with Crippen molar-refractivity contribution < 1.29 is 8.78 Å². The Hall–Kier alpha value is -0.910. The molecular weight excluding hydrogens is 234 g/mol. The van der Waals surface area contributed by atoms with Crippen LogP contribution in [0.15, 0.2) is 15.5 Å². The maximum Gasteiger partial charge on any atom is 0.271 e. The van der Waals surface area contributed by atoms with E-state index in [4.69, 9.17) is 5.73 Å². The van der Waals surface area contributed by atoms with Gasteiger partial charge in [-0.2, -0.15) is 0 Å². The van der Waals surface area contributed by atoms with Gasteiger partial charge >= 0.3 is 0 Å². The number of H-pyrrole nitrogens is 1. The van der Waals surface area contributed by atoms with Gasteiger partial charge in [0.15, 0.2) is 0 Å². The topological polar surface area (TPSA) is 58.9 Å². The molecule has 0 aliphatic rings. The van der Waals surface area contributed by atoms with Gasteiger partial charge in [0.1, 0.15) is 11.4 Å². The van der Waals surface area contributed by atoms with Gasteiger partial charge in [0.2, 0.25) is 5.43 Å². The maximum atomic E-state index is 12.1. The first-order chi connectivity index (χ1) is 5.54. The summed E-state index contributed by atoms with van der Waals surface area (Å²) in [5.41, 5.74) is 3.67. The standard InChI is InChI=1S/C6H5BrF2N2O/c7-2-1-11-6(10)3(4(2)12)5(8)9/h1,5H,(H3,10,11,12). The van der Waals surface area contributed by atoms with E-state index in [2.05, 4.69) is 20.9 Å². The number of rotatable bonds is 1. The Morgan fingerprint density at radius 1 is 1.58 bits per heavy atom. The van der Waals surface area contributed by atoms with Crippen molar-refractivity contribution in [3.8, 4) is 0 Å². The first kappa shape index (κ1) is 9.18. The largest absolute Gasteiger partial charge is 0.385 e. The van der Waals surface area contributed by atoms with Crippen LogP contribution in [0.5, 0.6) is 0 Å². The number of nitrogens with two attached hydrogens (primary N) is 1. The smallest absolute Gasteiger partial charge is 0.271 e. The molecule has 6 heteroatoms. The number of anilines is 1. The molecule has 0 unspecified atom stereocenters. The van der Waals surface area contributed by atoms with E-state index in [0.717, 1.165) is 0 Å². The van der Waals surface area contributed by atoms with Gasteiger partial charge in [0, 0.05) is 6.20 Å². The highest BCUT2D eigenvalue weighted by Gasteiger charge is 2.17. The second-order valence-electron chi connectivity index (χ2n) is 2.09. The van der Waals surface area contributed by atoms with Crippen molar-refractivity contribution >= 4 is 21.7 Å². The molecule has 0 spiro atoms. The molecular formula is C6H5BrF2N2O. The van der Waals surface area contributed by atoms with Crippen molar-refractivity contribution in [3.63, 3.8) is 0 Å². The van der Waals surface area contributed by atoms with E-state index >= 15 is 0 Å². The van der Waals surface area contributed by atoms with Crippen molar-refractivity contribution in [2.24, 2.45) is 0 Å². The number of nitrogen functional groups attached to an aromatic ring is 1. The van der Waals surface area contributed by atoms with Gasteiger partial charge in [0.05, 0.1) is 4.47 Å². The van der Waals surface area contributed by atoms with E-state index in [-0.39, 0.29) is 10.3 Å². The van der Waals surface area contributed by atoms with Crippen molar-refractivity contribution in [1.29, 1.82) is 0 Å². The van der Waals surface area contributed by atoms with Crippen LogP contribution >= 0.6 is 15.9 Å². The van der Waals surface area contributed by atoms with E-state index in [1.54, 1.807) is 0 Å². The van der Waals surface area contributed by atoms with Crippen LogP contribution in [0.1, 0.15) is 12.0 Å². The van der Waals surface area contributed by atoms with E-state index in [1.807, 2.05) is 0 Å². The van der Waals surface area contributed by atoms with Crippen LogP contribution in [0.3, 0.4) is 0 Å². The molecule has 0 saturated heterocycles. The Bertz CT molecular complexity index is 350. The van der Waals surface area contributed by atoms with E-state index in [0.29, 0.717) is 0 Å². The van der Waals surface area contributed by atoms with Crippen molar-refractivity contribution in [2.75, 3.05) is 5.73 Å². The summed E-state index contributed by atoms with van der Waals surface area (Å²) in [6.07, 6.45) is -1.63. The molecule has 0 aromatic carbocycles. The Morgan fingerprint density at radius 2 is 2.17 bits per heavy atom. The molecule has 0 saturated carbocycles. The lowest BCUT2D eigenvalue weighted by Crippen LogP contribution is -2.14. The fourth-order valence-electron chi connectivity index (χ4n) is 0.752. The minimum absolute atomic E-state index is 0.0481. The average molecular weight is 239 g/mol. The highest BCUT2D eigenvalue weighted by molar-refractivity contribution is 9.10. The fourth-order valence-corrected chi connectivity index (χ4v) is 1.08. The molecule has 0 aliphatic heterocycles. The monoisotopic (exact) mass is 238 g/mol. The summed E-state index contributed by atoms with van der Waals surface area (Å²) in [7, 11) is 0. The third kappa shape index (κ3) is 1.47. The quantitative estimate of drug-likeness (QED) is 0.782. The van der Waals surface area contributed by atoms with Gasteiger partial charge in [-0.1, -0.05) is 0 Å². The Morgan fingerprint density at radius 3 is 2.58 bits per heavy atom. The SMILES string of the molecule is Nc1[nH]cc(Br)c(=O)c1C(F)F. The normalized spacial score (nSPS) is 10.7. The highest BCUT2D eigenvalue weighted by atomic mass is 79.9. The van der Waals surface area contributed by atoms with Crippen molar-refractivity contribution in [1.82, 2.24) is 4.98 Å². The summed E-state index contributed by atoms with van der Waals surface area (Å²) in [6.45, 7) is 0. The van der Waals surface area contributed by atoms with Gasteiger partial charge in [0.25, 0.3) is 6.43 Å². The van der Waals surface area contributed by atoms with Gasteiger partial charge in [-0.05, 0) is 15.9 Å². The molecule has 66 valence electrons. The summed E-state index contributed by atoms with van der Waals surface area (Å²) >= 11 is 2.82. The van der Waals surface area contributed by atoms with E-state index < -0.39 is 17.4 Å². The summed E-state index contributed by atoms with van der Waals surface area (Å²) in [6, 6.07) is 0. The molecule has 0 bridgehead atoms. The zero-order valence-electron chi connectivity index (χ0n) is 5.77. The number of hydrogen-bond acceptors (Lipinski definition) is 2. The maximum absolute atomic E-state index is 12.1. The molecule has 0 aliphatic carbocycles. The number of halogens is 3. The molecule has 3 N–H and O–H groups in total. The number of aromatic amines is 1. The Labute approximate surface area is 74.7 Å². The highest BCUT2D eigenvalue weighted by Crippen LogP contribution is 2.20. The van der Waals surface area contributed by atoms with Gasteiger partial charge < -0.3 is 10.7 Å². The third-order valence-corrected chi connectivity index (χ3v) is 1.91. The number of pyridine rings is 1. The number of hydrogen-bond donors (Lipinski definition) is 2. The van der Waals surface area contributed by atoms with Gasteiger partial charge in [-0.15, -0.1) is 0 Å². The summed E-state index contributed by atoms with van der Waals surface area (Å²) in [4.78, 5) is 13.3. The molecule has 0 amide bonds. The summed E-state index contributed by atoms with van der Waals surface area (Å²) in [5.74, 6) is -0.293. The van der Waals surface area contributed by atoms with Crippen LogP contribution in [-0.4, -0.2) is 4.98 Å².